The predicted octanol–water partition coefficient (Wildman–Crippen LogP) is 7.53. The Labute approximate surface area is 265 Å². The lowest BCUT2D eigenvalue weighted by atomic mass is 9.66. The van der Waals surface area contributed by atoms with Gasteiger partial charge < -0.3 is 28.1 Å². The Bertz CT molecular complexity index is 1320. The normalized spacial score (nSPS) is 33.8. The maximum absolute atomic E-state index is 13.8. The van der Waals surface area contributed by atoms with Crippen LogP contribution in [0.15, 0.2) is 59.2 Å². The van der Waals surface area contributed by atoms with Gasteiger partial charge in [-0.1, -0.05) is 42.9 Å². The number of ether oxygens (including phenoxy) is 5. The first-order valence-electron chi connectivity index (χ1n) is 16.0. The molecule has 5 rings (SSSR count). The lowest BCUT2D eigenvalue weighted by Gasteiger charge is -2.47. The van der Waals surface area contributed by atoms with Gasteiger partial charge in [-0.3, -0.25) is 0 Å². The van der Waals surface area contributed by atoms with Crippen LogP contribution in [0.5, 0.6) is 5.75 Å². The topological polar surface area (TPSA) is 72.5 Å². The highest BCUT2D eigenvalue weighted by molar-refractivity contribution is 6.69. The van der Waals surface area contributed by atoms with Crippen LogP contribution in [0.2, 0.25) is 19.6 Å². The summed E-state index contributed by atoms with van der Waals surface area (Å²) in [6.45, 7) is 16.5. The molecule has 0 N–H and O–H groups in total. The van der Waals surface area contributed by atoms with Crippen molar-refractivity contribution in [2.45, 2.75) is 103 Å². The van der Waals surface area contributed by atoms with Crippen LogP contribution in [0.1, 0.15) is 65.4 Å². The molecule has 8 heteroatoms. The van der Waals surface area contributed by atoms with E-state index in [2.05, 4.69) is 63.8 Å². The smallest absolute Gasteiger partial charge is 0.339 e. The molecule has 2 unspecified atom stereocenters. The van der Waals surface area contributed by atoms with E-state index in [0.29, 0.717) is 26.1 Å². The molecular formula is C36H52O7Si. The SMILES string of the molecule is COCO[C@]12CC3(O[Si](C)(C)C)CC[C@]4(C)CC(C)=C(COCc5ccc(OC)cc5)[C@@H]4/C=C\C3=CCC1C(C)(C)OC2=O. The van der Waals surface area contributed by atoms with Crippen molar-refractivity contribution in [3.8, 4) is 5.75 Å². The number of fused-ring (bicyclic) bond motifs is 3. The van der Waals surface area contributed by atoms with Crippen molar-refractivity contribution in [3.05, 3.63) is 64.8 Å². The van der Waals surface area contributed by atoms with Crippen molar-refractivity contribution < 1.29 is 32.9 Å². The Morgan fingerprint density at radius 1 is 1.02 bits per heavy atom. The van der Waals surface area contributed by atoms with Crippen LogP contribution in [0.4, 0.5) is 0 Å². The van der Waals surface area contributed by atoms with Crippen LogP contribution in [-0.4, -0.2) is 58.7 Å². The summed E-state index contributed by atoms with van der Waals surface area (Å²) in [5.41, 5.74) is 2.62. The zero-order valence-corrected chi connectivity index (χ0v) is 29.2. The highest BCUT2D eigenvalue weighted by Crippen LogP contribution is 2.58. The molecule has 1 aromatic rings. The molecule has 1 fully saturated rings. The van der Waals surface area contributed by atoms with Crippen LogP contribution in [0.25, 0.3) is 0 Å². The third-order valence-electron chi connectivity index (χ3n) is 10.3. The van der Waals surface area contributed by atoms with Crippen molar-refractivity contribution >= 4 is 14.3 Å². The van der Waals surface area contributed by atoms with Gasteiger partial charge in [-0.2, -0.15) is 0 Å². The summed E-state index contributed by atoms with van der Waals surface area (Å²) in [7, 11) is 1.20. The summed E-state index contributed by atoms with van der Waals surface area (Å²) in [4.78, 5) is 13.8. The number of benzene rings is 1. The first kappa shape index (κ1) is 33.1. The molecule has 0 saturated carbocycles. The Morgan fingerprint density at radius 3 is 2.41 bits per heavy atom. The number of methoxy groups -OCH3 is 2. The fraction of sp³-hybridized carbons (Fsp3) is 0.639. The molecule has 44 heavy (non-hydrogen) atoms. The zero-order valence-electron chi connectivity index (χ0n) is 28.2. The fourth-order valence-electron chi connectivity index (χ4n) is 8.29. The molecule has 1 aliphatic heterocycles. The van der Waals surface area contributed by atoms with Gasteiger partial charge in [0.1, 0.15) is 18.1 Å². The molecule has 7 nitrogen and oxygen atoms in total. The Morgan fingerprint density at radius 2 is 1.75 bits per heavy atom. The van der Waals surface area contributed by atoms with Crippen molar-refractivity contribution in [3.63, 3.8) is 0 Å². The van der Waals surface area contributed by atoms with E-state index in [9.17, 15) is 4.79 Å². The quantitative estimate of drug-likeness (QED) is 0.115. The van der Waals surface area contributed by atoms with Crippen molar-refractivity contribution in [2.24, 2.45) is 17.3 Å². The Hall–Kier alpha value is -2.23. The third-order valence-corrected chi connectivity index (χ3v) is 11.3. The van der Waals surface area contributed by atoms with E-state index in [-0.39, 0.29) is 30.0 Å². The molecule has 5 atom stereocenters. The van der Waals surface area contributed by atoms with Gasteiger partial charge in [0.2, 0.25) is 0 Å². The lowest BCUT2D eigenvalue weighted by Crippen LogP contribution is -2.55. The predicted molar refractivity (Wildman–Crippen MR) is 174 cm³/mol. The number of hydrogen-bond acceptors (Lipinski definition) is 7. The number of allylic oxidation sites excluding steroid dienone is 3. The van der Waals surface area contributed by atoms with Crippen LogP contribution in [-0.2, 0) is 34.8 Å². The van der Waals surface area contributed by atoms with Crippen molar-refractivity contribution in [1.29, 1.82) is 0 Å². The number of hydrogen-bond donors (Lipinski definition) is 0. The van der Waals surface area contributed by atoms with E-state index in [0.717, 1.165) is 36.1 Å². The largest absolute Gasteiger partial charge is 0.497 e. The van der Waals surface area contributed by atoms with E-state index >= 15 is 0 Å². The lowest BCUT2D eigenvalue weighted by molar-refractivity contribution is -0.186. The number of cyclic esters (lactones) is 1. The van der Waals surface area contributed by atoms with Crippen LogP contribution >= 0.6 is 0 Å². The molecule has 1 heterocycles. The van der Waals surface area contributed by atoms with E-state index in [1.807, 2.05) is 26.0 Å². The van der Waals surface area contributed by atoms with Gasteiger partial charge in [-0.05, 0) is 100 Å². The number of rotatable bonds is 10. The summed E-state index contributed by atoms with van der Waals surface area (Å²) in [6.07, 6.45) is 10.8. The minimum absolute atomic E-state index is 0.0163. The van der Waals surface area contributed by atoms with Gasteiger partial charge in [-0.25, -0.2) is 4.79 Å². The van der Waals surface area contributed by atoms with Crippen molar-refractivity contribution in [2.75, 3.05) is 27.6 Å². The van der Waals surface area contributed by atoms with E-state index in [1.54, 1.807) is 14.2 Å². The summed E-state index contributed by atoms with van der Waals surface area (Å²) in [5, 5.41) is 0. The molecule has 1 saturated heterocycles. The van der Waals surface area contributed by atoms with Gasteiger partial charge in [0, 0.05) is 25.4 Å². The van der Waals surface area contributed by atoms with Crippen LogP contribution in [0, 0.1) is 17.3 Å². The molecule has 4 aliphatic rings. The van der Waals surface area contributed by atoms with Gasteiger partial charge >= 0.3 is 5.97 Å². The minimum Gasteiger partial charge on any atom is -0.497 e. The second-order valence-electron chi connectivity index (χ2n) is 15.1. The number of carbonyl (C=O) groups is 1. The molecular weight excluding hydrogens is 572 g/mol. The number of carbonyl (C=O) groups excluding carboxylic acids is 1. The Balaban J connectivity index is 1.47. The molecule has 0 spiro atoms. The summed E-state index contributed by atoms with van der Waals surface area (Å²) in [5.74, 6) is 0.656. The van der Waals surface area contributed by atoms with Gasteiger partial charge in [-0.15, -0.1) is 0 Å². The zero-order chi connectivity index (χ0) is 32.0. The molecule has 3 aliphatic carbocycles. The maximum atomic E-state index is 13.8. The van der Waals surface area contributed by atoms with E-state index < -0.39 is 25.1 Å². The van der Waals surface area contributed by atoms with Crippen molar-refractivity contribution in [1.82, 2.24) is 0 Å². The van der Waals surface area contributed by atoms with E-state index in [4.69, 9.17) is 28.1 Å². The number of esters is 1. The molecule has 242 valence electrons. The third kappa shape index (κ3) is 6.25. The monoisotopic (exact) mass is 624 g/mol. The highest BCUT2D eigenvalue weighted by Gasteiger charge is 2.66. The maximum Gasteiger partial charge on any atom is 0.339 e. The van der Waals surface area contributed by atoms with Crippen LogP contribution < -0.4 is 4.74 Å². The summed E-state index contributed by atoms with van der Waals surface area (Å²) in [6, 6.07) is 8.06. The minimum atomic E-state index is -2.08. The average molecular weight is 625 g/mol. The molecule has 0 radical (unpaired) electrons. The first-order valence-corrected chi connectivity index (χ1v) is 19.4. The van der Waals surface area contributed by atoms with Gasteiger partial charge in [0.15, 0.2) is 13.9 Å². The second-order valence-corrected chi connectivity index (χ2v) is 19.5. The second kappa shape index (κ2) is 12.2. The molecule has 1 aromatic carbocycles. The first-order chi connectivity index (χ1) is 20.7. The molecule has 0 bridgehead atoms. The van der Waals surface area contributed by atoms with Gasteiger partial charge in [0.25, 0.3) is 0 Å². The summed E-state index contributed by atoms with van der Waals surface area (Å²) < 4.78 is 36.7. The summed E-state index contributed by atoms with van der Waals surface area (Å²) >= 11 is 0. The molecule has 0 amide bonds. The fourth-order valence-corrected chi connectivity index (χ4v) is 9.76. The average Bonchev–Trinajstić information content (AvgIpc) is 3.21. The van der Waals surface area contributed by atoms with Crippen LogP contribution in [0.3, 0.4) is 0 Å². The van der Waals surface area contributed by atoms with Gasteiger partial charge in [0.05, 0.1) is 25.9 Å². The Kier molecular flexibility index (Phi) is 9.17. The van der Waals surface area contributed by atoms with E-state index in [1.165, 1.54) is 11.1 Å². The molecule has 0 aromatic heterocycles. The highest BCUT2D eigenvalue weighted by atomic mass is 28.4. The standard InChI is InChI=1S/C36H52O7Si/c1-25-20-34(4)18-19-35(43-44(7,8)9)23-36(41-24-38-5)31(33(2,3)42-32(36)37)17-13-27(35)12-16-30(34)29(25)22-40-21-26-10-14-28(39-6)15-11-26/h10-16,30-31H,17-24H2,1-9H3/b16-12-/t30-,31?,34+,35?,36+/m0/s1.